The van der Waals surface area contributed by atoms with Crippen molar-refractivity contribution in [1.82, 2.24) is 9.97 Å². The van der Waals surface area contributed by atoms with Crippen molar-refractivity contribution in [3.63, 3.8) is 0 Å². The van der Waals surface area contributed by atoms with E-state index in [2.05, 4.69) is 9.97 Å². The van der Waals surface area contributed by atoms with Crippen LogP contribution in [-0.4, -0.2) is 22.0 Å². The first kappa shape index (κ1) is 13.9. The number of rotatable bonds is 4. The minimum absolute atomic E-state index is 0.0150. The van der Waals surface area contributed by atoms with Crippen LogP contribution < -0.4 is 9.47 Å². The molecule has 20 heavy (non-hydrogen) atoms. The van der Waals surface area contributed by atoms with Gasteiger partial charge in [-0.15, -0.1) is 0 Å². The Kier molecular flexibility index (Phi) is 3.94. The molecular formula is C11H7ClFN3O4. The molecular weight excluding hydrogens is 293 g/mol. The fourth-order valence-corrected chi connectivity index (χ4v) is 1.59. The van der Waals surface area contributed by atoms with Crippen LogP contribution in [0.15, 0.2) is 24.5 Å². The van der Waals surface area contributed by atoms with Gasteiger partial charge in [-0.2, -0.15) is 9.37 Å². The van der Waals surface area contributed by atoms with Gasteiger partial charge in [0.05, 0.1) is 12.0 Å². The molecule has 0 aliphatic heterocycles. The zero-order chi connectivity index (χ0) is 14.7. The van der Waals surface area contributed by atoms with Crippen LogP contribution in [0.1, 0.15) is 0 Å². The third-order valence-corrected chi connectivity index (χ3v) is 2.53. The van der Waals surface area contributed by atoms with Gasteiger partial charge in [-0.1, -0.05) is 11.6 Å². The molecule has 0 spiro atoms. The van der Waals surface area contributed by atoms with Crippen LogP contribution in [0.4, 0.5) is 10.1 Å². The summed E-state index contributed by atoms with van der Waals surface area (Å²) in [5.41, 5.74) is -0.648. The number of halogens is 2. The first-order chi connectivity index (χ1) is 9.52. The predicted molar refractivity (Wildman–Crippen MR) is 66.7 cm³/mol. The quantitative estimate of drug-likeness (QED) is 0.490. The Labute approximate surface area is 117 Å². The Bertz CT molecular complexity index is 668. The highest BCUT2D eigenvalue weighted by molar-refractivity contribution is 6.31. The van der Waals surface area contributed by atoms with Crippen molar-refractivity contribution in [1.29, 1.82) is 0 Å². The SMILES string of the molecule is COc1c(Cl)ncnc1Oc1ccc([N+](=O)[O-])c(F)c1. The minimum Gasteiger partial charge on any atom is -0.489 e. The zero-order valence-corrected chi connectivity index (χ0v) is 10.8. The van der Waals surface area contributed by atoms with Gasteiger partial charge in [0, 0.05) is 12.1 Å². The first-order valence-corrected chi connectivity index (χ1v) is 5.57. The maximum atomic E-state index is 13.5. The summed E-state index contributed by atoms with van der Waals surface area (Å²) in [4.78, 5) is 17.2. The molecule has 1 aromatic carbocycles. The summed E-state index contributed by atoms with van der Waals surface area (Å²) < 4.78 is 23.7. The van der Waals surface area contributed by atoms with E-state index in [1.165, 1.54) is 13.2 Å². The number of nitro groups is 1. The lowest BCUT2D eigenvalue weighted by atomic mass is 10.3. The molecule has 104 valence electrons. The molecule has 2 rings (SSSR count). The molecule has 0 aliphatic carbocycles. The summed E-state index contributed by atoms with van der Waals surface area (Å²) in [5, 5.41) is 10.5. The standard InChI is InChI=1S/C11H7ClFN3O4/c1-19-9-10(12)14-5-15-11(9)20-6-2-3-8(16(17)18)7(13)4-6/h2-5H,1H3. The number of hydrogen-bond acceptors (Lipinski definition) is 6. The maximum absolute atomic E-state index is 13.5. The van der Waals surface area contributed by atoms with E-state index in [0.29, 0.717) is 0 Å². The van der Waals surface area contributed by atoms with E-state index in [1.807, 2.05) is 0 Å². The fraction of sp³-hybridized carbons (Fsp3) is 0.0909. The molecule has 0 saturated carbocycles. The molecule has 0 atom stereocenters. The molecule has 0 bridgehead atoms. The highest BCUT2D eigenvalue weighted by Crippen LogP contribution is 2.34. The van der Waals surface area contributed by atoms with Gasteiger partial charge in [0.15, 0.2) is 5.15 Å². The molecule has 0 amide bonds. The highest BCUT2D eigenvalue weighted by Gasteiger charge is 2.17. The van der Waals surface area contributed by atoms with Gasteiger partial charge in [-0.3, -0.25) is 10.1 Å². The second-order valence-electron chi connectivity index (χ2n) is 3.48. The van der Waals surface area contributed by atoms with Crippen molar-refractivity contribution >= 4 is 17.3 Å². The van der Waals surface area contributed by atoms with Crippen LogP contribution in [0, 0.1) is 15.9 Å². The normalized spacial score (nSPS) is 10.2. The Morgan fingerprint density at radius 1 is 1.40 bits per heavy atom. The second kappa shape index (κ2) is 5.66. The number of nitro benzene ring substituents is 1. The number of methoxy groups -OCH3 is 1. The molecule has 2 aromatic rings. The van der Waals surface area contributed by atoms with E-state index in [4.69, 9.17) is 21.1 Å². The third-order valence-electron chi connectivity index (χ3n) is 2.26. The average Bonchev–Trinajstić information content (AvgIpc) is 2.38. The van der Waals surface area contributed by atoms with Gasteiger partial charge in [-0.05, 0) is 6.07 Å². The van der Waals surface area contributed by atoms with Gasteiger partial charge in [0.2, 0.25) is 11.6 Å². The van der Waals surface area contributed by atoms with Crippen LogP contribution in [0.2, 0.25) is 5.15 Å². The molecule has 0 fully saturated rings. The summed E-state index contributed by atoms with van der Waals surface area (Å²) in [5.74, 6) is -0.957. The predicted octanol–water partition coefficient (Wildman–Crippen LogP) is 2.98. The van der Waals surface area contributed by atoms with Gasteiger partial charge >= 0.3 is 5.69 Å². The number of benzene rings is 1. The van der Waals surface area contributed by atoms with E-state index < -0.39 is 16.4 Å². The van der Waals surface area contributed by atoms with Crippen molar-refractivity contribution < 1.29 is 18.8 Å². The summed E-state index contributed by atoms with van der Waals surface area (Å²) in [6.45, 7) is 0. The average molecular weight is 300 g/mol. The van der Waals surface area contributed by atoms with Crippen molar-refractivity contribution in [2.75, 3.05) is 7.11 Å². The van der Waals surface area contributed by atoms with Crippen LogP contribution in [0.25, 0.3) is 0 Å². The number of ether oxygens (including phenoxy) is 2. The van der Waals surface area contributed by atoms with E-state index >= 15 is 0 Å². The van der Waals surface area contributed by atoms with Gasteiger partial charge in [-0.25, -0.2) is 4.98 Å². The molecule has 0 aliphatic rings. The van der Waals surface area contributed by atoms with Crippen LogP contribution in [0.3, 0.4) is 0 Å². The maximum Gasteiger partial charge on any atom is 0.305 e. The van der Waals surface area contributed by atoms with Crippen LogP contribution in [0.5, 0.6) is 17.4 Å². The summed E-state index contributed by atoms with van der Waals surface area (Å²) in [7, 11) is 1.34. The van der Waals surface area contributed by atoms with E-state index in [1.54, 1.807) is 0 Å². The Balaban J connectivity index is 2.34. The number of aromatic nitrogens is 2. The largest absolute Gasteiger partial charge is 0.489 e. The van der Waals surface area contributed by atoms with Crippen molar-refractivity contribution in [3.05, 3.63) is 45.6 Å². The summed E-state index contributed by atoms with van der Waals surface area (Å²) >= 11 is 5.77. The summed E-state index contributed by atoms with van der Waals surface area (Å²) in [6, 6.07) is 3.09. The van der Waals surface area contributed by atoms with E-state index in [0.717, 1.165) is 18.5 Å². The molecule has 0 saturated heterocycles. The third kappa shape index (κ3) is 2.75. The van der Waals surface area contributed by atoms with E-state index in [-0.39, 0.29) is 22.5 Å². The fourth-order valence-electron chi connectivity index (χ4n) is 1.39. The lowest BCUT2D eigenvalue weighted by Gasteiger charge is -2.09. The molecule has 1 aromatic heterocycles. The number of nitrogens with zero attached hydrogens (tertiary/aromatic N) is 3. The molecule has 0 N–H and O–H groups in total. The topological polar surface area (TPSA) is 87.4 Å². The smallest absolute Gasteiger partial charge is 0.305 e. The minimum atomic E-state index is -1.02. The Morgan fingerprint density at radius 3 is 2.75 bits per heavy atom. The molecule has 1 heterocycles. The molecule has 0 unspecified atom stereocenters. The van der Waals surface area contributed by atoms with Crippen molar-refractivity contribution in [2.45, 2.75) is 0 Å². The van der Waals surface area contributed by atoms with Gasteiger partial charge in [0.1, 0.15) is 12.1 Å². The first-order valence-electron chi connectivity index (χ1n) is 5.19. The molecule has 7 nitrogen and oxygen atoms in total. The second-order valence-corrected chi connectivity index (χ2v) is 3.83. The highest BCUT2D eigenvalue weighted by atomic mass is 35.5. The van der Waals surface area contributed by atoms with Gasteiger partial charge < -0.3 is 9.47 Å². The Morgan fingerprint density at radius 2 is 2.15 bits per heavy atom. The molecule has 9 heteroatoms. The molecule has 0 radical (unpaired) electrons. The van der Waals surface area contributed by atoms with E-state index in [9.17, 15) is 14.5 Å². The van der Waals surface area contributed by atoms with Crippen LogP contribution in [-0.2, 0) is 0 Å². The lowest BCUT2D eigenvalue weighted by molar-refractivity contribution is -0.387. The monoisotopic (exact) mass is 299 g/mol. The lowest BCUT2D eigenvalue weighted by Crippen LogP contribution is -1.97. The summed E-state index contributed by atoms with van der Waals surface area (Å²) in [6.07, 6.45) is 1.14. The zero-order valence-electron chi connectivity index (χ0n) is 10.0. The van der Waals surface area contributed by atoms with Crippen molar-refractivity contribution in [2.24, 2.45) is 0 Å². The Hall–Kier alpha value is -2.48. The van der Waals surface area contributed by atoms with Crippen molar-refractivity contribution in [3.8, 4) is 17.4 Å². The van der Waals surface area contributed by atoms with Gasteiger partial charge in [0.25, 0.3) is 5.88 Å². The number of hydrogen-bond donors (Lipinski definition) is 0. The van der Waals surface area contributed by atoms with Crippen LogP contribution >= 0.6 is 11.6 Å².